The van der Waals surface area contributed by atoms with E-state index in [1.165, 1.54) is 17.2 Å². The molecule has 3 aromatic carbocycles. The zero-order valence-electron chi connectivity index (χ0n) is 20.7. The molecule has 1 aliphatic heterocycles. The molecule has 1 aliphatic rings. The van der Waals surface area contributed by atoms with Gasteiger partial charge in [-0.2, -0.15) is 0 Å². The van der Waals surface area contributed by atoms with Crippen LogP contribution in [0.1, 0.15) is 41.9 Å². The van der Waals surface area contributed by atoms with E-state index < -0.39 is 29.8 Å². The van der Waals surface area contributed by atoms with E-state index in [0.717, 1.165) is 5.56 Å². The molecule has 3 amide bonds. The highest BCUT2D eigenvalue weighted by atomic mass is 19.1. The number of imide groups is 1. The average Bonchev–Trinajstić information content (AvgIpc) is 3.54. The van der Waals surface area contributed by atoms with Crippen molar-refractivity contribution in [2.75, 3.05) is 13.2 Å². The van der Waals surface area contributed by atoms with Crippen LogP contribution in [0.3, 0.4) is 0 Å². The number of carbonyl (C=O) groups excluding carboxylic acids is 2. The van der Waals surface area contributed by atoms with E-state index in [0.29, 0.717) is 28.4 Å². The van der Waals surface area contributed by atoms with Crippen molar-refractivity contribution in [3.8, 4) is 17.0 Å². The molecule has 0 radical (unpaired) electrons. The minimum atomic E-state index is -0.888. The van der Waals surface area contributed by atoms with E-state index in [4.69, 9.17) is 9.84 Å². The first-order valence-corrected chi connectivity index (χ1v) is 12.3. The van der Waals surface area contributed by atoms with E-state index in [9.17, 15) is 14.0 Å². The first-order valence-electron chi connectivity index (χ1n) is 12.3. The molecule has 9 heteroatoms. The number of hydrogen-bond acceptors (Lipinski definition) is 5. The largest absolute Gasteiger partial charge is 0.491 e. The van der Waals surface area contributed by atoms with Gasteiger partial charge < -0.3 is 20.1 Å². The van der Waals surface area contributed by atoms with Gasteiger partial charge in [0.05, 0.1) is 18.5 Å². The van der Waals surface area contributed by atoms with Crippen molar-refractivity contribution < 1.29 is 23.8 Å². The normalized spacial score (nSPS) is 16.8. The SMILES string of the molecule is C[C@@H](c1ccccc1)C(c1ncc(-c2ccccc2F)[nH]1)N1C(=O)N[C@H](c2ccc(OCCO)cc2)C1=O. The number of aromatic nitrogens is 2. The molecule has 1 fully saturated rings. The average molecular weight is 515 g/mol. The van der Waals surface area contributed by atoms with Crippen LogP contribution in [0.15, 0.2) is 85.1 Å². The lowest BCUT2D eigenvalue weighted by Crippen LogP contribution is -2.38. The number of ether oxygens (including phenoxy) is 1. The van der Waals surface area contributed by atoms with Crippen LogP contribution in [0.25, 0.3) is 11.3 Å². The predicted octanol–water partition coefficient (Wildman–Crippen LogP) is 4.72. The summed E-state index contributed by atoms with van der Waals surface area (Å²) in [5, 5.41) is 11.7. The van der Waals surface area contributed by atoms with Crippen LogP contribution in [0.5, 0.6) is 5.75 Å². The molecule has 0 aliphatic carbocycles. The number of imidazole rings is 1. The Hall–Kier alpha value is -4.50. The van der Waals surface area contributed by atoms with Gasteiger partial charge in [-0.1, -0.05) is 61.5 Å². The molecule has 3 atom stereocenters. The van der Waals surface area contributed by atoms with Gasteiger partial charge in [0.2, 0.25) is 0 Å². The summed E-state index contributed by atoms with van der Waals surface area (Å²) in [5.74, 6) is -0.231. The van der Waals surface area contributed by atoms with Crippen LogP contribution in [-0.2, 0) is 4.79 Å². The molecule has 4 aromatic rings. The number of halogens is 1. The maximum atomic E-state index is 14.5. The van der Waals surface area contributed by atoms with Gasteiger partial charge in [-0.3, -0.25) is 9.69 Å². The van der Waals surface area contributed by atoms with Crippen LogP contribution in [-0.4, -0.2) is 45.1 Å². The molecular weight excluding hydrogens is 487 g/mol. The smallest absolute Gasteiger partial charge is 0.325 e. The molecule has 0 spiro atoms. The molecule has 8 nitrogen and oxygen atoms in total. The van der Waals surface area contributed by atoms with Crippen molar-refractivity contribution in [2.45, 2.75) is 24.9 Å². The molecule has 0 saturated carbocycles. The van der Waals surface area contributed by atoms with Crippen LogP contribution in [0.2, 0.25) is 0 Å². The Bertz CT molecular complexity index is 1420. The minimum Gasteiger partial charge on any atom is -0.491 e. The summed E-state index contributed by atoms with van der Waals surface area (Å²) < 4.78 is 19.9. The molecule has 2 heterocycles. The van der Waals surface area contributed by atoms with Crippen molar-refractivity contribution in [1.82, 2.24) is 20.2 Å². The van der Waals surface area contributed by atoms with Gasteiger partial charge >= 0.3 is 6.03 Å². The molecular formula is C29H27FN4O4. The number of carbonyl (C=O) groups is 2. The van der Waals surface area contributed by atoms with Gasteiger partial charge in [-0.15, -0.1) is 0 Å². The Kier molecular flexibility index (Phi) is 7.19. The molecule has 1 saturated heterocycles. The molecule has 1 aromatic heterocycles. The number of nitrogens with zero attached hydrogens (tertiary/aromatic N) is 2. The van der Waals surface area contributed by atoms with E-state index in [2.05, 4.69) is 15.3 Å². The Labute approximate surface area is 219 Å². The Morgan fingerprint density at radius 2 is 1.74 bits per heavy atom. The van der Waals surface area contributed by atoms with Crippen molar-refractivity contribution in [2.24, 2.45) is 0 Å². The molecule has 1 unspecified atom stereocenters. The highest BCUT2D eigenvalue weighted by Gasteiger charge is 2.46. The monoisotopic (exact) mass is 514 g/mol. The van der Waals surface area contributed by atoms with Crippen molar-refractivity contribution in [3.05, 3.63) is 108 Å². The van der Waals surface area contributed by atoms with Crippen LogP contribution in [0.4, 0.5) is 9.18 Å². The second kappa shape index (κ2) is 10.9. The van der Waals surface area contributed by atoms with Gasteiger partial charge in [0.25, 0.3) is 5.91 Å². The summed E-state index contributed by atoms with van der Waals surface area (Å²) in [4.78, 5) is 35.9. The Balaban J connectivity index is 1.50. The zero-order chi connectivity index (χ0) is 26.6. The number of aliphatic hydroxyl groups excluding tert-OH is 1. The topological polar surface area (TPSA) is 108 Å². The molecule has 5 rings (SSSR count). The fourth-order valence-corrected chi connectivity index (χ4v) is 4.73. The number of aromatic amines is 1. The zero-order valence-corrected chi connectivity index (χ0v) is 20.7. The maximum absolute atomic E-state index is 14.5. The number of urea groups is 1. The molecule has 3 N–H and O–H groups in total. The maximum Gasteiger partial charge on any atom is 0.325 e. The third kappa shape index (κ3) is 4.88. The summed E-state index contributed by atoms with van der Waals surface area (Å²) in [6.07, 6.45) is 1.51. The Morgan fingerprint density at radius 3 is 2.45 bits per heavy atom. The second-order valence-electron chi connectivity index (χ2n) is 9.04. The van der Waals surface area contributed by atoms with Gasteiger partial charge in [-0.05, 0) is 35.4 Å². The highest BCUT2D eigenvalue weighted by Crippen LogP contribution is 2.39. The predicted molar refractivity (Wildman–Crippen MR) is 139 cm³/mol. The third-order valence-corrected chi connectivity index (χ3v) is 6.66. The van der Waals surface area contributed by atoms with Crippen molar-refractivity contribution in [3.63, 3.8) is 0 Å². The standard InChI is InChI=1S/C29H27FN4O4/c1-18(19-7-3-2-4-8-19)26(27-31-17-24(32-27)22-9-5-6-10-23(22)30)34-28(36)25(33-29(34)37)20-11-13-21(14-12-20)38-16-15-35/h2-14,17-18,25-26,35H,15-16H2,1H3,(H,31,32)(H,33,37)/t18-,25+,26?/m0/s1. The first-order chi connectivity index (χ1) is 18.5. The fourth-order valence-electron chi connectivity index (χ4n) is 4.73. The number of benzene rings is 3. The lowest BCUT2D eigenvalue weighted by Gasteiger charge is -2.29. The fraction of sp³-hybridized carbons (Fsp3) is 0.207. The Morgan fingerprint density at radius 1 is 1.03 bits per heavy atom. The van der Waals surface area contributed by atoms with Crippen LogP contribution >= 0.6 is 0 Å². The molecule has 38 heavy (non-hydrogen) atoms. The van der Waals surface area contributed by atoms with Gasteiger partial charge in [0.1, 0.15) is 36.1 Å². The van der Waals surface area contributed by atoms with Gasteiger partial charge in [0, 0.05) is 11.5 Å². The van der Waals surface area contributed by atoms with Gasteiger partial charge in [0.15, 0.2) is 0 Å². The van der Waals surface area contributed by atoms with E-state index >= 15 is 0 Å². The van der Waals surface area contributed by atoms with Gasteiger partial charge in [-0.25, -0.2) is 14.2 Å². The third-order valence-electron chi connectivity index (χ3n) is 6.66. The van der Waals surface area contributed by atoms with Crippen molar-refractivity contribution in [1.29, 1.82) is 0 Å². The number of H-pyrrole nitrogens is 1. The van der Waals surface area contributed by atoms with E-state index in [1.807, 2.05) is 37.3 Å². The lowest BCUT2D eigenvalue weighted by molar-refractivity contribution is -0.129. The number of aliphatic hydroxyl groups is 1. The second-order valence-corrected chi connectivity index (χ2v) is 9.04. The lowest BCUT2D eigenvalue weighted by atomic mass is 9.91. The first kappa shape index (κ1) is 25.2. The molecule has 0 bridgehead atoms. The molecule has 194 valence electrons. The van der Waals surface area contributed by atoms with E-state index in [1.54, 1.807) is 42.5 Å². The number of rotatable bonds is 9. The number of nitrogens with one attached hydrogen (secondary N) is 2. The van der Waals surface area contributed by atoms with Crippen LogP contribution < -0.4 is 10.1 Å². The summed E-state index contributed by atoms with van der Waals surface area (Å²) in [6, 6.07) is 20.5. The summed E-state index contributed by atoms with van der Waals surface area (Å²) in [7, 11) is 0. The summed E-state index contributed by atoms with van der Waals surface area (Å²) in [6.45, 7) is 1.97. The summed E-state index contributed by atoms with van der Waals surface area (Å²) in [5.41, 5.74) is 2.30. The highest BCUT2D eigenvalue weighted by molar-refractivity contribution is 6.05. The van der Waals surface area contributed by atoms with E-state index in [-0.39, 0.29) is 19.1 Å². The number of amides is 3. The summed E-state index contributed by atoms with van der Waals surface area (Å²) >= 11 is 0. The number of hydrogen-bond donors (Lipinski definition) is 3. The van der Waals surface area contributed by atoms with Crippen molar-refractivity contribution >= 4 is 11.9 Å². The van der Waals surface area contributed by atoms with Crippen LogP contribution in [0, 0.1) is 5.82 Å². The quantitative estimate of drug-likeness (QED) is 0.280. The minimum absolute atomic E-state index is 0.111.